The summed E-state index contributed by atoms with van der Waals surface area (Å²) >= 11 is 0. The highest BCUT2D eigenvalue weighted by Crippen LogP contribution is 2.29. The lowest BCUT2D eigenvalue weighted by molar-refractivity contribution is 0.303. The van der Waals surface area contributed by atoms with Crippen LogP contribution in [0.1, 0.15) is 35.6 Å². The van der Waals surface area contributed by atoms with Crippen LogP contribution >= 0.6 is 0 Å². The minimum absolute atomic E-state index is 0.158. The van der Waals surface area contributed by atoms with E-state index in [9.17, 15) is 0 Å². The Kier molecular flexibility index (Phi) is 3.84. The lowest BCUT2D eigenvalue weighted by atomic mass is 9.98. The fourth-order valence-corrected chi connectivity index (χ4v) is 2.35. The van der Waals surface area contributed by atoms with E-state index in [-0.39, 0.29) is 6.04 Å². The van der Waals surface area contributed by atoms with Gasteiger partial charge in [-0.3, -0.25) is 0 Å². The van der Waals surface area contributed by atoms with Gasteiger partial charge in [0.15, 0.2) is 0 Å². The molecule has 2 N–H and O–H groups in total. The van der Waals surface area contributed by atoms with E-state index in [0.29, 0.717) is 6.10 Å². The number of methoxy groups -OCH3 is 1. The molecule has 3 heteroatoms. The maximum Gasteiger partial charge on any atom is 0.122 e. The SMILES string of the molecule is COc1cc(C(N)c2ccc(OC3CC3)cc2)ccc1C. The molecule has 0 aromatic heterocycles. The second kappa shape index (κ2) is 5.78. The number of ether oxygens (including phenoxy) is 2. The van der Waals surface area contributed by atoms with E-state index in [1.807, 2.05) is 43.3 Å². The summed E-state index contributed by atoms with van der Waals surface area (Å²) in [6.07, 6.45) is 2.76. The highest BCUT2D eigenvalue weighted by Gasteiger charge is 2.23. The van der Waals surface area contributed by atoms with Crippen LogP contribution in [0.5, 0.6) is 11.5 Å². The highest BCUT2D eigenvalue weighted by molar-refractivity contribution is 5.42. The first kappa shape index (κ1) is 14.0. The number of benzene rings is 2. The Bertz CT molecular complexity index is 618. The summed E-state index contributed by atoms with van der Waals surface area (Å²) in [6, 6.07) is 14.0. The Balaban J connectivity index is 1.78. The van der Waals surface area contributed by atoms with Crippen LogP contribution < -0.4 is 15.2 Å². The molecule has 2 aromatic rings. The predicted molar refractivity (Wildman–Crippen MR) is 83.9 cm³/mol. The van der Waals surface area contributed by atoms with Gasteiger partial charge in [0.1, 0.15) is 11.5 Å². The van der Waals surface area contributed by atoms with E-state index in [4.69, 9.17) is 15.2 Å². The summed E-state index contributed by atoms with van der Waals surface area (Å²) in [5.41, 5.74) is 9.59. The average Bonchev–Trinajstić information content (AvgIpc) is 3.32. The van der Waals surface area contributed by atoms with Crippen molar-refractivity contribution in [3.8, 4) is 11.5 Å². The summed E-state index contributed by atoms with van der Waals surface area (Å²) in [6.45, 7) is 2.03. The molecule has 1 atom stereocenters. The molecule has 0 aliphatic heterocycles. The lowest BCUT2D eigenvalue weighted by Crippen LogP contribution is -2.12. The minimum Gasteiger partial charge on any atom is -0.496 e. The van der Waals surface area contributed by atoms with Crippen LogP contribution in [0.3, 0.4) is 0 Å². The fraction of sp³-hybridized carbons (Fsp3) is 0.333. The Hall–Kier alpha value is -2.00. The molecule has 3 rings (SSSR count). The zero-order valence-corrected chi connectivity index (χ0v) is 12.5. The van der Waals surface area contributed by atoms with Crippen molar-refractivity contribution in [2.24, 2.45) is 5.73 Å². The smallest absolute Gasteiger partial charge is 0.122 e. The topological polar surface area (TPSA) is 44.5 Å². The second-order valence-electron chi connectivity index (χ2n) is 5.59. The van der Waals surface area contributed by atoms with Gasteiger partial charge in [-0.15, -0.1) is 0 Å². The number of rotatable bonds is 5. The third kappa shape index (κ3) is 3.19. The second-order valence-corrected chi connectivity index (χ2v) is 5.59. The van der Waals surface area contributed by atoms with Crippen molar-refractivity contribution in [1.29, 1.82) is 0 Å². The van der Waals surface area contributed by atoms with Gasteiger partial charge in [0.2, 0.25) is 0 Å². The van der Waals surface area contributed by atoms with Crippen molar-refractivity contribution < 1.29 is 9.47 Å². The molecule has 1 fully saturated rings. The van der Waals surface area contributed by atoms with Gasteiger partial charge in [0, 0.05) is 0 Å². The standard InChI is InChI=1S/C18H21NO2/c1-12-3-4-14(11-17(12)20-2)18(19)13-5-7-15(8-6-13)21-16-9-10-16/h3-8,11,16,18H,9-10,19H2,1-2H3. The molecule has 1 aliphatic carbocycles. The van der Waals surface area contributed by atoms with Crippen LogP contribution in [-0.2, 0) is 0 Å². The van der Waals surface area contributed by atoms with E-state index >= 15 is 0 Å². The van der Waals surface area contributed by atoms with E-state index < -0.39 is 0 Å². The van der Waals surface area contributed by atoms with Crippen molar-refractivity contribution in [3.63, 3.8) is 0 Å². The van der Waals surface area contributed by atoms with Crippen molar-refractivity contribution in [3.05, 3.63) is 59.2 Å². The summed E-state index contributed by atoms with van der Waals surface area (Å²) in [4.78, 5) is 0. The van der Waals surface area contributed by atoms with Crippen molar-refractivity contribution in [1.82, 2.24) is 0 Å². The first-order valence-corrected chi connectivity index (χ1v) is 7.34. The van der Waals surface area contributed by atoms with Crippen molar-refractivity contribution in [2.45, 2.75) is 31.9 Å². The molecule has 110 valence electrons. The molecule has 1 unspecified atom stereocenters. The van der Waals surface area contributed by atoms with Crippen LogP contribution in [0, 0.1) is 6.92 Å². The largest absolute Gasteiger partial charge is 0.496 e. The first-order valence-electron chi connectivity index (χ1n) is 7.34. The molecule has 0 amide bonds. The number of hydrogen-bond donors (Lipinski definition) is 1. The molecular weight excluding hydrogens is 262 g/mol. The molecule has 0 radical (unpaired) electrons. The van der Waals surface area contributed by atoms with Crippen LogP contribution in [-0.4, -0.2) is 13.2 Å². The van der Waals surface area contributed by atoms with Gasteiger partial charge < -0.3 is 15.2 Å². The molecule has 0 saturated heterocycles. The van der Waals surface area contributed by atoms with Crippen LogP contribution in [0.4, 0.5) is 0 Å². The van der Waals surface area contributed by atoms with E-state index in [2.05, 4.69) is 6.07 Å². The maximum atomic E-state index is 6.36. The molecule has 2 aromatic carbocycles. The van der Waals surface area contributed by atoms with Gasteiger partial charge in [-0.1, -0.05) is 24.3 Å². The van der Waals surface area contributed by atoms with Crippen LogP contribution in [0.15, 0.2) is 42.5 Å². The minimum atomic E-state index is -0.158. The molecule has 1 saturated carbocycles. The summed E-state index contributed by atoms with van der Waals surface area (Å²) in [7, 11) is 1.68. The van der Waals surface area contributed by atoms with Gasteiger partial charge >= 0.3 is 0 Å². The Morgan fingerprint density at radius 3 is 2.33 bits per heavy atom. The summed E-state index contributed by atoms with van der Waals surface area (Å²) in [5.74, 6) is 1.80. The molecule has 3 nitrogen and oxygen atoms in total. The lowest BCUT2D eigenvalue weighted by Gasteiger charge is -2.15. The van der Waals surface area contributed by atoms with Crippen molar-refractivity contribution in [2.75, 3.05) is 7.11 Å². The summed E-state index contributed by atoms with van der Waals surface area (Å²) < 4.78 is 11.1. The molecular formula is C18H21NO2. The average molecular weight is 283 g/mol. The maximum absolute atomic E-state index is 6.36. The Morgan fingerprint density at radius 2 is 1.71 bits per heavy atom. The highest BCUT2D eigenvalue weighted by atomic mass is 16.5. The quantitative estimate of drug-likeness (QED) is 0.912. The van der Waals surface area contributed by atoms with Gasteiger partial charge in [-0.05, 0) is 54.7 Å². The van der Waals surface area contributed by atoms with E-state index in [0.717, 1.165) is 28.2 Å². The molecule has 1 aliphatic rings. The normalized spacial score (nSPS) is 15.6. The van der Waals surface area contributed by atoms with Crippen LogP contribution in [0.2, 0.25) is 0 Å². The first-order chi connectivity index (χ1) is 10.2. The number of nitrogens with two attached hydrogens (primary N) is 1. The Morgan fingerprint density at radius 1 is 1.05 bits per heavy atom. The van der Waals surface area contributed by atoms with Gasteiger partial charge in [0.25, 0.3) is 0 Å². The van der Waals surface area contributed by atoms with Crippen LogP contribution in [0.25, 0.3) is 0 Å². The molecule has 0 bridgehead atoms. The van der Waals surface area contributed by atoms with Gasteiger partial charge in [-0.2, -0.15) is 0 Å². The third-order valence-corrected chi connectivity index (χ3v) is 3.86. The summed E-state index contributed by atoms with van der Waals surface area (Å²) in [5, 5.41) is 0. The molecule has 0 heterocycles. The zero-order chi connectivity index (χ0) is 14.8. The Labute approximate surface area is 125 Å². The van der Waals surface area contributed by atoms with E-state index in [1.165, 1.54) is 12.8 Å². The predicted octanol–water partition coefficient (Wildman–Crippen LogP) is 3.59. The number of aryl methyl sites for hydroxylation is 1. The third-order valence-electron chi connectivity index (χ3n) is 3.86. The van der Waals surface area contributed by atoms with Gasteiger partial charge in [0.05, 0.1) is 19.3 Å². The molecule has 21 heavy (non-hydrogen) atoms. The van der Waals surface area contributed by atoms with Gasteiger partial charge in [-0.25, -0.2) is 0 Å². The molecule has 0 spiro atoms. The number of hydrogen-bond acceptors (Lipinski definition) is 3. The fourth-order valence-electron chi connectivity index (χ4n) is 2.35. The zero-order valence-electron chi connectivity index (χ0n) is 12.5. The monoisotopic (exact) mass is 283 g/mol. The van der Waals surface area contributed by atoms with E-state index in [1.54, 1.807) is 7.11 Å². The van der Waals surface area contributed by atoms with Crippen molar-refractivity contribution >= 4 is 0 Å².